The summed E-state index contributed by atoms with van der Waals surface area (Å²) in [6, 6.07) is 3.08. The van der Waals surface area contributed by atoms with Crippen LogP contribution >= 0.6 is 0 Å². The Morgan fingerprint density at radius 3 is 2.94 bits per heavy atom. The van der Waals surface area contributed by atoms with Crippen LogP contribution in [0.3, 0.4) is 0 Å². The topological polar surface area (TPSA) is 51.5 Å². The first kappa shape index (κ1) is 10.5. The van der Waals surface area contributed by atoms with Crippen LogP contribution in [0.15, 0.2) is 23.1 Å². The fourth-order valence-corrected chi connectivity index (χ4v) is 2.47. The van der Waals surface area contributed by atoms with Gasteiger partial charge in [0, 0.05) is 38.0 Å². The molecule has 0 bridgehead atoms. The summed E-state index contributed by atoms with van der Waals surface area (Å²) in [4.78, 5) is 25.4. The standard InChI is InChI=1S/C12H14N2O3/c15-10-1-3-13-4-5-14(9-2-6-17-8-9)12(16)11(13)7-10/h1,3,7,9H,2,4-6,8H2. The molecule has 3 heterocycles. The van der Waals surface area contributed by atoms with Crippen molar-refractivity contribution in [3.63, 3.8) is 0 Å². The van der Waals surface area contributed by atoms with E-state index >= 15 is 0 Å². The van der Waals surface area contributed by atoms with Crippen molar-refractivity contribution >= 4 is 5.91 Å². The molecule has 1 unspecified atom stereocenters. The maximum atomic E-state index is 12.3. The Hall–Kier alpha value is -1.62. The first-order chi connectivity index (χ1) is 8.25. The molecule has 2 aliphatic heterocycles. The fraction of sp³-hybridized carbons (Fsp3) is 0.500. The molecule has 5 nitrogen and oxygen atoms in total. The zero-order chi connectivity index (χ0) is 11.8. The highest BCUT2D eigenvalue weighted by Gasteiger charge is 2.31. The molecular formula is C12H14N2O3. The van der Waals surface area contributed by atoms with Crippen LogP contribution in [0.2, 0.25) is 0 Å². The summed E-state index contributed by atoms with van der Waals surface area (Å²) in [5, 5.41) is 0. The second-order valence-electron chi connectivity index (χ2n) is 4.46. The molecule has 0 radical (unpaired) electrons. The maximum absolute atomic E-state index is 12.3. The Morgan fingerprint density at radius 1 is 1.29 bits per heavy atom. The van der Waals surface area contributed by atoms with E-state index in [1.54, 1.807) is 6.20 Å². The van der Waals surface area contributed by atoms with Crippen molar-refractivity contribution in [2.45, 2.75) is 19.0 Å². The average molecular weight is 234 g/mol. The number of rotatable bonds is 1. The van der Waals surface area contributed by atoms with Gasteiger partial charge in [-0.3, -0.25) is 9.59 Å². The highest BCUT2D eigenvalue weighted by Crippen LogP contribution is 2.18. The van der Waals surface area contributed by atoms with Crippen molar-refractivity contribution in [3.05, 3.63) is 34.2 Å². The maximum Gasteiger partial charge on any atom is 0.271 e. The normalized spacial score (nSPS) is 23.9. The van der Waals surface area contributed by atoms with E-state index in [0.29, 0.717) is 18.8 Å². The van der Waals surface area contributed by atoms with Crippen LogP contribution in [-0.4, -0.2) is 41.2 Å². The van der Waals surface area contributed by atoms with E-state index in [4.69, 9.17) is 4.74 Å². The monoisotopic (exact) mass is 234 g/mol. The molecule has 2 aliphatic rings. The minimum atomic E-state index is -0.117. The van der Waals surface area contributed by atoms with Crippen LogP contribution in [0.4, 0.5) is 0 Å². The molecule has 1 saturated heterocycles. The number of fused-ring (bicyclic) bond motifs is 1. The van der Waals surface area contributed by atoms with Gasteiger partial charge in [0.05, 0.1) is 12.6 Å². The zero-order valence-electron chi connectivity index (χ0n) is 9.46. The van der Waals surface area contributed by atoms with Gasteiger partial charge in [0.15, 0.2) is 5.43 Å². The Bertz CT molecular complexity index is 503. The molecule has 1 aromatic heterocycles. The second kappa shape index (κ2) is 4.00. The van der Waals surface area contributed by atoms with E-state index in [-0.39, 0.29) is 17.4 Å². The van der Waals surface area contributed by atoms with Gasteiger partial charge in [-0.2, -0.15) is 0 Å². The lowest BCUT2D eigenvalue weighted by molar-refractivity contribution is 0.0591. The lowest BCUT2D eigenvalue weighted by atomic mass is 10.1. The van der Waals surface area contributed by atoms with Crippen LogP contribution in [0.5, 0.6) is 0 Å². The molecule has 0 spiro atoms. The smallest absolute Gasteiger partial charge is 0.271 e. The van der Waals surface area contributed by atoms with Gasteiger partial charge in [-0.15, -0.1) is 0 Å². The van der Waals surface area contributed by atoms with Gasteiger partial charge in [0.1, 0.15) is 5.69 Å². The molecule has 17 heavy (non-hydrogen) atoms. The Labute approximate surface area is 98.6 Å². The van der Waals surface area contributed by atoms with Crippen molar-refractivity contribution in [3.8, 4) is 0 Å². The van der Waals surface area contributed by atoms with Crippen LogP contribution in [0, 0.1) is 0 Å². The van der Waals surface area contributed by atoms with Crippen molar-refractivity contribution in [2.24, 2.45) is 0 Å². The van der Waals surface area contributed by atoms with E-state index in [0.717, 1.165) is 19.6 Å². The molecular weight excluding hydrogens is 220 g/mol. The van der Waals surface area contributed by atoms with Crippen molar-refractivity contribution in [1.29, 1.82) is 0 Å². The number of hydrogen-bond donors (Lipinski definition) is 0. The molecule has 5 heteroatoms. The van der Waals surface area contributed by atoms with Gasteiger partial charge < -0.3 is 14.2 Å². The molecule has 1 amide bonds. The fourth-order valence-electron chi connectivity index (χ4n) is 2.47. The SMILES string of the molecule is O=C1c2cc(=O)ccn2CCN1C1CCOC1. The van der Waals surface area contributed by atoms with Crippen molar-refractivity contribution in [1.82, 2.24) is 9.47 Å². The Morgan fingerprint density at radius 2 is 2.18 bits per heavy atom. The van der Waals surface area contributed by atoms with E-state index in [1.807, 2.05) is 9.47 Å². The van der Waals surface area contributed by atoms with Crippen LogP contribution in [0.1, 0.15) is 16.9 Å². The number of pyridine rings is 1. The summed E-state index contributed by atoms with van der Waals surface area (Å²) in [5.41, 5.74) is 0.379. The van der Waals surface area contributed by atoms with Gasteiger partial charge in [-0.1, -0.05) is 0 Å². The molecule has 0 aliphatic carbocycles. The second-order valence-corrected chi connectivity index (χ2v) is 4.46. The third kappa shape index (κ3) is 1.76. The minimum absolute atomic E-state index is 0.0514. The van der Waals surface area contributed by atoms with E-state index in [1.165, 1.54) is 12.1 Å². The molecule has 90 valence electrons. The highest BCUT2D eigenvalue weighted by molar-refractivity contribution is 5.93. The Balaban J connectivity index is 1.93. The zero-order valence-corrected chi connectivity index (χ0v) is 9.46. The number of carbonyl (C=O) groups excluding carboxylic acids is 1. The molecule has 0 N–H and O–H groups in total. The summed E-state index contributed by atoms with van der Waals surface area (Å²) in [6.45, 7) is 2.78. The summed E-state index contributed by atoms with van der Waals surface area (Å²) in [7, 11) is 0. The number of aromatic nitrogens is 1. The van der Waals surface area contributed by atoms with Gasteiger partial charge in [-0.05, 0) is 6.42 Å². The van der Waals surface area contributed by atoms with E-state index in [2.05, 4.69) is 0 Å². The first-order valence-electron chi connectivity index (χ1n) is 5.85. The number of ether oxygens (including phenoxy) is 1. The third-order valence-corrected chi connectivity index (χ3v) is 3.42. The Kier molecular flexibility index (Phi) is 2.48. The van der Waals surface area contributed by atoms with Crippen molar-refractivity contribution < 1.29 is 9.53 Å². The third-order valence-electron chi connectivity index (χ3n) is 3.42. The van der Waals surface area contributed by atoms with Crippen LogP contribution in [0.25, 0.3) is 0 Å². The lowest BCUT2D eigenvalue weighted by Gasteiger charge is -2.33. The van der Waals surface area contributed by atoms with E-state index < -0.39 is 0 Å². The largest absolute Gasteiger partial charge is 0.379 e. The number of amides is 1. The lowest BCUT2D eigenvalue weighted by Crippen LogP contribution is -2.47. The van der Waals surface area contributed by atoms with Crippen molar-refractivity contribution in [2.75, 3.05) is 19.8 Å². The number of nitrogens with zero attached hydrogens (tertiary/aromatic N) is 2. The molecule has 1 atom stereocenters. The highest BCUT2D eigenvalue weighted by atomic mass is 16.5. The summed E-state index contributed by atoms with van der Waals surface area (Å²) in [6.07, 6.45) is 2.58. The minimum Gasteiger partial charge on any atom is -0.379 e. The number of hydrogen-bond acceptors (Lipinski definition) is 3. The van der Waals surface area contributed by atoms with Gasteiger partial charge in [0.2, 0.25) is 0 Å². The quantitative estimate of drug-likeness (QED) is 0.692. The molecule has 0 saturated carbocycles. The molecule has 3 rings (SSSR count). The van der Waals surface area contributed by atoms with Crippen LogP contribution < -0.4 is 5.43 Å². The van der Waals surface area contributed by atoms with Gasteiger partial charge >= 0.3 is 0 Å². The predicted octanol–water partition coefficient (Wildman–Crippen LogP) is 0.0930. The summed E-state index contributed by atoms with van der Waals surface area (Å²) >= 11 is 0. The molecule has 0 aromatic carbocycles. The van der Waals surface area contributed by atoms with Crippen LogP contribution in [-0.2, 0) is 11.3 Å². The first-order valence-corrected chi connectivity index (χ1v) is 5.85. The average Bonchev–Trinajstić information content (AvgIpc) is 2.84. The van der Waals surface area contributed by atoms with Gasteiger partial charge in [0.25, 0.3) is 5.91 Å². The number of carbonyl (C=O) groups is 1. The van der Waals surface area contributed by atoms with E-state index in [9.17, 15) is 9.59 Å². The molecule has 1 fully saturated rings. The van der Waals surface area contributed by atoms with Gasteiger partial charge in [-0.25, -0.2) is 0 Å². The molecule has 1 aromatic rings. The summed E-state index contributed by atoms with van der Waals surface area (Å²) in [5.74, 6) is -0.0514. The predicted molar refractivity (Wildman–Crippen MR) is 61.0 cm³/mol. The summed E-state index contributed by atoms with van der Waals surface area (Å²) < 4.78 is 7.15.